The minimum absolute atomic E-state index is 0.0474. The second kappa shape index (κ2) is 13.7. The van der Waals surface area contributed by atoms with Crippen LogP contribution in [-0.4, -0.2) is 44.6 Å². The molecule has 4 aromatic rings. The third-order valence-electron chi connectivity index (χ3n) is 5.54. The Morgan fingerprint density at radius 1 is 0.875 bits per heavy atom. The van der Waals surface area contributed by atoms with Crippen LogP contribution in [0.5, 0.6) is 5.75 Å². The molecule has 10 nitrogen and oxygen atoms in total. The maximum atomic E-state index is 13.2. The standard InChI is InChI=1S/C29H27N5O5S/c35-28(21-34(25-10-7-17-30-20-25)40(37,38)27-11-5-2-6-12-27)33-32-19-24-13-15-26(16-14-24)39-22-29(36)31-18-23-8-3-1-4-9-23/h1-17,19-20H,18,21-22H2,(H,31,36)(H,33,35)/b32-19-. The fourth-order valence-electron chi connectivity index (χ4n) is 3.53. The summed E-state index contributed by atoms with van der Waals surface area (Å²) in [6, 6.07) is 27.3. The zero-order chi connectivity index (χ0) is 28.2. The zero-order valence-corrected chi connectivity index (χ0v) is 22.2. The molecule has 0 aliphatic rings. The second-order valence-electron chi connectivity index (χ2n) is 8.45. The first-order valence-corrected chi connectivity index (χ1v) is 13.7. The summed E-state index contributed by atoms with van der Waals surface area (Å²) in [6.07, 6.45) is 4.29. The highest BCUT2D eigenvalue weighted by Gasteiger charge is 2.27. The Balaban J connectivity index is 1.29. The first-order chi connectivity index (χ1) is 19.4. The molecule has 3 aromatic carbocycles. The van der Waals surface area contributed by atoms with Gasteiger partial charge in [-0.15, -0.1) is 0 Å². The number of hydrogen-bond acceptors (Lipinski definition) is 7. The van der Waals surface area contributed by atoms with Crippen molar-refractivity contribution in [2.75, 3.05) is 17.5 Å². The minimum Gasteiger partial charge on any atom is -0.484 e. The summed E-state index contributed by atoms with van der Waals surface area (Å²) in [6.45, 7) is -0.211. The molecule has 0 bridgehead atoms. The molecular formula is C29H27N5O5S. The van der Waals surface area contributed by atoms with Gasteiger partial charge in [0.25, 0.3) is 21.8 Å². The summed E-state index contributed by atoms with van der Waals surface area (Å²) in [4.78, 5) is 28.7. The van der Waals surface area contributed by atoms with E-state index in [0.29, 0.717) is 17.9 Å². The Labute approximate surface area is 232 Å². The molecule has 1 aromatic heterocycles. The quantitative estimate of drug-likeness (QED) is 0.203. The van der Waals surface area contributed by atoms with Crippen molar-refractivity contribution in [3.63, 3.8) is 0 Å². The number of amides is 2. The maximum Gasteiger partial charge on any atom is 0.264 e. The lowest BCUT2D eigenvalue weighted by Crippen LogP contribution is -2.39. The summed E-state index contributed by atoms with van der Waals surface area (Å²) < 4.78 is 33.0. The molecule has 40 heavy (non-hydrogen) atoms. The second-order valence-corrected chi connectivity index (χ2v) is 10.3. The van der Waals surface area contributed by atoms with Gasteiger partial charge in [0.2, 0.25) is 0 Å². The number of nitrogens with one attached hydrogen (secondary N) is 2. The molecule has 0 saturated carbocycles. The molecule has 2 N–H and O–H groups in total. The van der Waals surface area contributed by atoms with Crippen molar-refractivity contribution in [2.45, 2.75) is 11.4 Å². The molecule has 0 aliphatic heterocycles. The van der Waals surface area contributed by atoms with Gasteiger partial charge in [-0.1, -0.05) is 48.5 Å². The normalized spacial score (nSPS) is 11.1. The molecule has 11 heteroatoms. The van der Waals surface area contributed by atoms with Crippen LogP contribution in [0.2, 0.25) is 0 Å². The van der Waals surface area contributed by atoms with Crippen molar-refractivity contribution in [1.29, 1.82) is 0 Å². The van der Waals surface area contributed by atoms with Crippen molar-refractivity contribution in [2.24, 2.45) is 5.10 Å². The van der Waals surface area contributed by atoms with Crippen LogP contribution in [0.15, 0.2) is 119 Å². The molecule has 0 spiro atoms. The number of aromatic nitrogens is 1. The average molecular weight is 558 g/mol. The molecule has 1 heterocycles. The fraction of sp³-hybridized carbons (Fsp3) is 0.103. The van der Waals surface area contributed by atoms with Crippen LogP contribution in [-0.2, 0) is 26.2 Å². The van der Waals surface area contributed by atoms with E-state index in [-0.39, 0.29) is 23.1 Å². The number of ether oxygens (including phenoxy) is 1. The molecular weight excluding hydrogens is 530 g/mol. The van der Waals surface area contributed by atoms with Gasteiger partial charge in [-0.25, -0.2) is 13.8 Å². The van der Waals surface area contributed by atoms with Crippen LogP contribution in [0.1, 0.15) is 11.1 Å². The Morgan fingerprint density at radius 2 is 1.57 bits per heavy atom. The summed E-state index contributed by atoms with van der Waals surface area (Å²) in [5.74, 6) is -0.387. The van der Waals surface area contributed by atoms with E-state index in [1.165, 1.54) is 30.7 Å². The number of carbonyl (C=O) groups is 2. The highest BCUT2D eigenvalue weighted by molar-refractivity contribution is 7.92. The van der Waals surface area contributed by atoms with Crippen molar-refractivity contribution in [3.05, 3.63) is 121 Å². The van der Waals surface area contributed by atoms with E-state index < -0.39 is 22.5 Å². The first kappa shape index (κ1) is 28.0. The maximum absolute atomic E-state index is 13.2. The molecule has 0 atom stereocenters. The summed E-state index contributed by atoms with van der Waals surface area (Å²) >= 11 is 0. The van der Waals surface area contributed by atoms with Gasteiger partial charge >= 0.3 is 0 Å². The van der Waals surface area contributed by atoms with E-state index in [9.17, 15) is 18.0 Å². The largest absolute Gasteiger partial charge is 0.484 e. The lowest BCUT2D eigenvalue weighted by atomic mass is 10.2. The van der Waals surface area contributed by atoms with Crippen LogP contribution < -0.4 is 19.8 Å². The van der Waals surface area contributed by atoms with E-state index in [4.69, 9.17) is 4.74 Å². The first-order valence-electron chi connectivity index (χ1n) is 12.2. The number of carbonyl (C=O) groups excluding carboxylic acids is 2. The van der Waals surface area contributed by atoms with E-state index in [1.807, 2.05) is 30.3 Å². The third-order valence-corrected chi connectivity index (χ3v) is 7.33. The van der Waals surface area contributed by atoms with E-state index in [1.54, 1.807) is 54.6 Å². The van der Waals surface area contributed by atoms with Gasteiger partial charge in [-0.05, 0) is 59.7 Å². The summed E-state index contributed by atoms with van der Waals surface area (Å²) in [5, 5.41) is 6.72. The van der Waals surface area contributed by atoms with Crippen molar-refractivity contribution < 1.29 is 22.7 Å². The number of pyridine rings is 1. The predicted octanol–water partition coefficient (Wildman–Crippen LogP) is 3.12. The van der Waals surface area contributed by atoms with Gasteiger partial charge in [-0.3, -0.25) is 18.9 Å². The van der Waals surface area contributed by atoms with Crippen LogP contribution in [0, 0.1) is 0 Å². The highest BCUT2D eigenvalue weighted by atomic mass is 32.2. The predicted molar refractivity (Wildman–Crippen MR) is 151 cm³/mol. The van der Waals surface area contributed by atoms with Gasteiger partial charge < -0.3 is 10.1 Å². The Morgan fingerprint density at radius 3 is 2.25 bits per heavy atom. The summed E-state index contributed by atoms with van der Waals surface area (Å²) in [5.41, 5.74) is 4.25. The van der Waals surface area contributed by atoms with Gasteiger partial charge in [0.15, 0.2) is 6.61 Å². The van der Waals surface area contributed by atoms with Crippen molar-refractivity contribution >= 4 is 33.7 Å². The van der Waals surface area contributed by atoms with Crippen LogP contribution in [0.4, 0.5) is 5.69 Å². The number of nitrogens with zero attached hydrogens (tertiary/aromatic N) is 3. The molecule has 204 valence electrons. The van der Waals surface area contributed by atoms with Gasteiger partial charge in [0, 0.05) is 12.7 Å². The fourth-order valence-corrected chi connectivity index (χ4v) is 4.96. The van der Waals surface area contributed by atoms with Gasteiger partial charge in [0.05, 0.1) is 23.0 Å². The van der Waals surface area contributed by atoms with E-state index in [2.05, 4.69) is 20.8 Å². The number of hydrogen-bond donors (Lipinski definition) is 2. The monoisotopic (exact) mass is 557 g/mol. The van der Waals surface area contributed by atoms with E-state index >= 15 is 0 Å². The number of benzene rings is 3. The van der Waals surface area contributed by atoms with Crippen LogP contribution in [0.25, 0.3) is 0 Å². The Kier molecular flexibility index (Phi) is 9.57. The molecule has 0 aliphatic carbocycles. The van der Waals surface area contributed by atoms with Gasteiger partial charge in [-0.2, -0.15) is 5.10 Å². The summed E-state index contributed by atoms with van der Waals surface area (Å²) in [7, 11) is -4.02. The lowest BCUT2D eigenvalue weighted by Gasteiger charge is -2.23. The Bertz CT molecular complexity index is 1530. The SMILES string of the molecule is O=C(COc1ccc(/C=N\NC(=O)CN(c2cccnc2)S(=O)(=O)c2ccccc2)cc1)NCc1ccccc1. The number of hydrazone groups is 1. The van der Waals surface area contributed by atoms with Crippen LogP contribution >= 0.6 is 0 Å². The van der Waals surface area contributed by atoms with Gasteiger partial charge in [0.1, 0.15) is 12.3 Å². The van der Waals surface area contributed by atoms with E-state index in [0.717, 1.165) is 9.87 Å². The lowest BCUT2D eigenvalue weighted by molar-refractivity contribution is -0.123. The Hall–Kier alpha value is -5.03. The topological polar surface area (TPSA) is 130 Å². The molecule has 0 saturated heterocycles. The van der Waals surface area contributed by atoms with Crippen LogP contribution in [0.3, 0.4) is 0 Å². The number of rotatable bonds is 12. The van der Waals surface area contributed by atoms with Crippen molar-refractivity contribution in [1.82, 2.24) is 15.7 Å². The molecule has 0 fully saturated rings. The number of anilines is 1. The zero-order valence-electron chi connectivity index (χ0n) is 21.4. The van der Waals surface area contributed by atoms with Crippen molar-refractivity contribution in [3.8, 4) is 5.75 Å². The molecule has 0 radical (unpaired) electrons. The average Bonchev–Trinajstić information content (AvgIpc) is 3.00. The minimum atomic E-state index is -4.02. The highest BCUT2D eigenvalue weighted by Crippen LogP contribution is 2.22. The smallest absolute Gasteiger partial charge is 0.264 e. The molecule has 0 unspecified atom stereocenters. The third kappa shape index (κ3) is 7.98. The number of sulfonamides is 1. The molecule has 2 amide bonds. The molecule has 4 rings (SSSR count).